The molecule has 0 radical (unpaired) electrons. The second-order valence-electron chi connectivity index (χ2n) is 20.5. The first-order valence-electron chi connectivity index (χ1n) is 26.1. The van der Waals surface area contributed by atoms with Crippen molar-refractivity contribution in [3.8, 4) is 0 Å². The number of benzene rings is 5. The van der Waals surface area contributed by atoms with Gasteiger partial charge in [0.1, 0.15) is 17.6 Å². The SMILES string of the molecule is CN1C(c2ccccc2)N=C(C2CC=CCC2)NC1C1CC(c2ccc(C3=CCCCC3)c(C3=CCCC=C3)c2)=CC=C1c1ccc2c(c1)oc1c2ccc2c3ccccc3n(C3CC=CCC3)c21. The fraction of sp³-hybridized carbons (Fsp3) is 0.297. The van der Waals surface area contributed by atoms with Crippen molar-refractivity contribution < 1.29 is 4.42 Å². The van der Waals surface area contributed by atoms with Gasteiger partial charge >= 0.3 is 0 Å². The highest BCUT2D eigenvalue weighted by Gasteiger charge is 2.40. The van der Waals surface area contributed by atoms with E-state index in [1.54, 1.807) is 0 Å². The maximum atomic E-state index is 7.21. The third-order valence-corrected chi connectivity index (χ3v) is 16.4. The van der Waals surface area contributed by atoms with Crippen LogP contribution in [0.2, 0.25) is 0 Å². The highest BCUT2D eigenvalue weighted by molar-refractivity contribution is 6.21. The summed E-state index contributed by atoms with van der Waals surface area (Å²) in [6, 6.07) is 39.3. The first-order valence-corrected chi connectivity index (χ1v) is 26.1. The molecule has 0 spiro atoms. The first-order chi connectivity index (χ1) is 34.1. The molecule has 0 amide bonds. The number of allylic oxidation sites excluding steroid dienone is 13. The van der Waals surface area contributed by atoms with E-state index < -0.39 is 0 Å². The van der Waals surface area contributed by atoms with Crippen molar-refractivity contribution in [2.45, 2.75) is 102 Å². The number of nitrogens with one attached hydrogen (secondary N) is 1. The molecule has 0 bridgehead atoms. The molecular formula is C64H62N4O. The molecule has 5 atom stereocenters. The van der Waals surface area contributed by atoms with E-state index in [0.29, 0.717) is 12.0 Å². The third-order valence-electron chi connectivity index (χ3n) is 16.4. The van der Waals surface area contributed by atoms with Gasteiger partial charge in [-0.2, -0.15) is 0 Å². The minimum absolute atomic E-state index is 0.00932. The average molecular weight is 903 g/mol. The number of amidine groups is 1. The Balaban J connectivity index is 0.960. The quantitative estimate of drug-likeness (QED) is 0.155. The predicted octanol–water partition coefficient (Wildman–Crippen LogP) is 16.5. The molecule has 344 valence electrons. The van der Waals surface area contributed by atoms with Gasteiger partial charge in [0.25, 0.3) is 0 Å². The third kappa shape index (κ3) is 7.61. The topological polar surface area (TPSA) is 45.7 Å². The van der Waals surface area contributed by atoms with Gasteiger partial charge in [0.15, 0.2) is 5.58 Å². The van der Waals surface area contributed by atoms with Crippen LogP contribution in [0.4, 0.5) is 0 Å². The van der Waals surface area contributed by atoms with Crippen LogP contribution >= 0.6 is 0 Å². The van der Waals surface area contributed by atoms with E-state index in [0.717, 1.165) is 81.2 Å². The van der Waals surface area contributed by atoms with Gasteiger partial charge in [0.2, 0.25) is 0 Å². The van der Waals surface area contributed by atoms with Crippen LogP contribution in [0.3, 0.4) is 0 Å². The van der Waals surface area contributed by atoms with Crippen molar-refractivity contribution >= 4 is 71.9 Å². The maximum Gasteiger partial charge on any atom is 0.159 e. The Morgan fingerprint density at radius 1 is 0.652 bits per heavy atom. The Morgan fingerprint density at radius 3 is 2.32 bits per heavy atom. The van der Waals surface area contributed by atoms with Crippen molar-refractivity contribution in [2.75, 3.05) is 7.05 Å². The van der Waals surface area contributed by atoms with E-state index in [9.17, 15) is 0 Å². The molecule has 0 saturated heterocycles. The number of para-hydroxylation sites is 1. The van der Waals surface area contributed by atoms with Gasteiger partial charge in [0.05, 0.1) is 11.7 Å². The van der Waals surface area contributed by atoms with E-state index in [-0.39, 0.29) is 18.2 Å². The molecule has 5 nitrogen and oxygen atoms in total. The van der Waals surface area contributed by atoms with E-state index in [4.69, 9.17) is 9.41 Å². The normalized spacial score (nSPS) is 24.3. The summed E-state index contributed by atoms with van der Waals surface area (Å²) in [5.41, 5.74) is 16.6. The van der Waals surface area contributed by atoms with Crippen molar-refractivity contribution in [1.29, 1.82) is 0 Å². The lowest BCUT2D eigenvalue weighted by Crippen LogP contribution is -2.57. The number of fused-ring (bicyclic) bond motifs is 7. The fourth-order valence-corrected chi connectivity index (χ4v) is 12.8. The molecule has 5 aromatic carbocycles. The van der Waals surface area contributed by atoms with Crippen LogP contribution in [0.1, 0.15) is 123 Å². The second kappa shape index (κ2) is 18.0. The molecule has 69 heavy (non-hydrogen) atoms. The van der Waals surface area contributed by atoms with Crippen LogP contribution in [0.5, 0.6) is 0 Å². The van der Waals surface area contributed by atoms with Crippen molar-refractivity contribution in [3.63, 3.8) is 0 Å². The van der Waals surface area contributed by atoms with Gasteiger partial charge in [-0.15, -0.1) is 0 Å². The van der Waals surface area contributed by atoms with Crippen LogP contribution in [0.15, 0.2) is 173 Å². The summed E-state index contributed by atoms with van der Waals surface area (Å²) < 4.78 is 9.81. The molecule has 6 aliphatic rings. The van der Waals surface area contributed by atoms with Gasteiger partial charge in [-0.3, -0.25) is 4.90 Å². The van der Waals surface area contributed by atoms with Crippen LogP contribution < -0.4 is 5.32 Å². The molecule has 1 N–H and O–H groups in total. The number of aliphatic imine (C=N–C) groups is 1. The first kappa shape index (κ1) is 42.4. The van der Waals surface area contributed by atoms with Crippen LogP contribution in [0.25, 0.3) is 66.0 Å². The summed E-state index contributed by atoms with van der Waals surface area (Å²) in [7, 11) is 2.29. The fourth-order valence-electron chi connectivity index (χ4n) is 12.8. The van der Waals surface area contributed by atoms with Gasteiger partial charge in [-0.25, -0.2) is 4.99 Å². The smallest absolute Gasteiger partial charge is 0.159 e. The molecule has 5 unspecified atom stereocenters. The van der Waals surface area contributed by atoms with Crippen LogP contribution in [-0.2, 0) is 0 Å². The van der Waals surface area contributed by atoms with Gasteiger partial charge < -0.3 is 14.3 Å². The Bertz CT molecular complexity index is 3400. The molecular weight excluding hydrogens is 841 g/mol. The number of rotatable bonds is 8. The zero-order valence-electron chi connectivity index (χ0n) is 39.9. The minimum Gasteiger partial charge on any atom is -0.454 e. The number of furan rings is 1. The predicted molar refractivity (Wildman–Crippen MR) is 290 cm³/mol. The Hall–Kier alpha value is -6.69. The molecule has 5 heteroatoms. The lowest BCUT2D eigenvalue weighted by Gasteiger charge is -2.46. The summed E-state index contributed by atoms with van der Waals surface area (Å²) in [5.74, 6) is 1.63. The van der Waals surface area contributed by atoms with Gasteiger partial charge in [0, 0.05) is 44.9 Å². The van der Waals surface area contributed by atoms with E-state index in [2.05, 4.69) is 186 Å². The molecule has 0 fully saturated rings. The molecule has 7 aromatic rings. The van der Waals surface area contributed by atoms with Gasteiger partial charge in [-0.05, 0) is 171 Å². The zero-order chi connectivity index (χ0) is 45.8. The number of hydrogen-bond donors (Lipinski definition) is 1. The maximum absolute atomic E-state index is 7.21. The summed E-state index contributed by atoms with van der Waals surface area (Å²) in [6.07, 6.45) is 38.3. The highest BCUT2D eigenvalue weighted by atomic mass is 16.3. The number of nitrogens with zero attached hydrogens (tertiary/aromatic N) is 3. The average Bonchev–Trinajstić information content (AvgIpc) is 3.97. The molecule has 0 saturated carbocycles. The van der Waals surface area contributed by atoms with Crippen molar-refractivity contribution in [3.05, 3.63) is 192 Å². The Labute approximate surface area is 406 Å². The lowest BCUT2D eigenvalue weighted by molar-refractivity contribution is 0.118. The van der Waals surface area contributed by atoms with Crippen LogP contribution in [-0.4, -0.2) is 28.5 Å². The molecule has 1 aliphatic heterocycles. The molecule has 3 heterocycles. The largest absolute Gasteiger partial charge is 0.454 e. The minimum atomic E-state index is -0.0969. The summed E-state index contributed by atoms with van der Waals surface area (Å²) in [6.45, 7) is 0. The number of aromatic nitrogens is 1. The Kier molecular flexibility index (Phi) is 11.1. The zero-order valence-corrected chi connectivity index (χ0v) is 39.9. The number of hydrogen-bond acceptors (Lipinski definition) is 4. The highest BCUT2D eigenvalue weighted by Crippen LogP contribution is 2.47. The second-order valence-corrected chi connectivity index (χ2v) is 20.5. The van der Waals surface area contributed by atoms with Gasteiger partial charge in [-0.1, -0.05) is 134 Å². The lowest BCUT2D eigenvalue weighted by atomic mass is 9.77. The summed E-state index contributed by atoms with van der Waals surface area (Å²) in [5, 5.41) is 9.10. The monoisotopic (exact) mass is 902 g/mol. The van der Waals surface area contributed by atoms with E-state index >= 15 is 0 Å². The molecule has 13 rings (SSSR count). The summed E-state index contributed by atoms with van der Waals surface area (Å²) >= 11 is 0. The van der Waals surface area contributed by atoms with Crippen LogP contribution in [0, 0.1) is 11.8 Å². The Morgan fingerprint density at radius 2 is 1.49 bits per heavy atom. The van der Waals surface area contributed by atoms with Crippen molar-refractivity contribution in [1.82, 2.24) is 14.8 Å². The molecule has 5 aliphatic carbocycles. The summed E-state index contributed by atoms with van der Waals surface area (Å²) in [4.78, 5) is 8.08. The molecule has 2 aromatic heterocycles. The standard InChI is InChI=1S/C64H62N4O/c1-67-63(45-25-13-5-14-26-45)65-62(44-23-11-4-12-24-44)66-64(67)57-40-47(46-31-34-50(42-19-7-2-8-20-42)56(39-46)43-21-9-3-10-22-43)32-35-51(57)48-33-36-53-55-38-37-54-52-29-17-18-30-58(52)68(49-27-15-6-16-28-49)60(54)61(55)69-59(53)41-48/h4-6,9,11,13-15,17-19,21-22,25-26,29-39,41,44,49,57,63-64H,2-3,7-8,10,12,16,20,23-24,27-28,40H2,1H3,(H,65,66). The van der Waals surface area contributed by atoms with E-state index in [1.807, 2.05) is 0 Å². The van der Waals surface area contributed by atoms with E-state index in [1.165, 1.54) is 102 Å². The van der Waals surface area contributed by atoms with Crippen molar-refractivity contribution in [2.24, 2.45) is 16.8 Å².